The molecule has 92 valence electrons. The van der Waals surface area contributed by atoms with E-state index in [4.69, 9.17) is 22.7 Å². The number of nitrogens with two attached hydrogens (primary N) is 1. The Hall–Kier alpha value is -0.190. The van der Waals surface area contributed by atoms with Gasteiger partial charge in [-0.15, -0.1) is 0 Å². The molecule has 2 N–H and O–H groups in total. The summed E-state index contributed by atoms with van der Waals surface area (Å²) in [5, 5.41) is 0. The van der Waals surface area contributed by atoms with Crippen LogP contribution in [0.15, 0.2) is 0 Å². The van der Waals surface area contributed by atoms with E-state index in [1.54, 1.807) is 0 Å². The standard InChI is InChI=1S/C12H22N2OS/c1-9(11(13)16)14(2)10-4-7-15-12(8-10)5-3-6-12/h9-10H,3-8H2,1-2H3,(H2,13,16). The van der Waals surface area contributed by atoms with Gasteiger partial charge < -0.3 is 10.5 Å². The topological polar surface area (TPSA) is 38.5 Å². The zero-order valence-electron chi connectivity index (χ0n) is 10.2. The van der Waals surface area contributed by atoms with E-state index in [1.165, 1.54) is 19.3 Å². The van der Waals surface area contributed by atoms with Gasteiger partial charge in [-0.3, -0.25) is 4.90 Å². The van der Waals surface area contributed by atoms with E-state index >= 15 is 0 Å². The lowest BCUT2D eigenvalue weighted by atomic mass is 9.73. The molecule has 0 aromatic heterocycles. The number of rotatable bonds is 3. The number of likely N-dealkylation sites (N-methyl/N-ethyl adjacent to an activating group) is 1. The molecule has 3 nitrogen and oxygen atoms in total. The fourth-order valence-corrected chi connectivity index (χ4v) is 2.95. The van der Waals surface area contributed by atoms with Crippen molar-refractivity contribution in [3.05, 3.63) is 0 Å². The second-order valence-electron chi connectivity index (χ2n) is 5.28. The van der Waals surface area contributed by atoms with Crippen molar-refractivity contribution < 1.29 is 4.74 Å². The zero-order chi connectivity index (χ0) is 11.8. The van der Waals surface area contributed by atoms with Crippen LogP contribution >= 0.6 is 12.2 Å². The van der Waals surface area contributed by atoms with Gasteiger partial charge in [-0.2, -0.15) is 0 Å². The molecule has 0 aromatic carbocycles. The van der Waals surface area contributed by atoms with Crippen LogP contribution in [0.5, 0.6) is 0 Å². The fourth-order valence-electron chi connectivity index (χ4n) is 2.79. The average Bonchev–Trinajstić information content (AvgIpc) is 2.25. The van der Waals surface area contributed by atoms with Gasteiger partial charge in [0.1, 0.15) is 0 Å². The number of thiocarbonyl (C=S) groups is 1. The van der Waals surface area contributed by atoms with Crippen molar-refractivity contribution in [3.63, 3.8) is 0 Å². The van der Waals surface area contributed by atoms with Crippen molar-refractivity contribution in [3.8, 4) is 0 Å². The lowest BCUT2D eigenvalue weighted by Gasteiger charge is -2.49. The minimum absolute atomic E-state index is 0.190. The molecule has 1 heterocycles. The maximum Gasteiger partial charge on any atom is 0.0899 e. The summed E-state index contributed by atoms with van der Waals surface area (Å²) in [4.78, 5) is 2.92. The molecule has 2 atom stereocenters. The van der Waals surface area contributed by atoms with Crippen molar-refractivity contribution in [2.45, 2.75) is 56.7 Å². The van der Waals surface area contributed by atoms with Gasteiger partial charge in [-0.25, -0.2) is 0 Å². The molecule has 0 amide bonds. The molecule has 1 saturated heterocycles. The minimum Gasteiger partial charge on any atom is -0.392 e. The Morgan fingerprint density at radius 3 is 2.75 bits per heavy atom. The molecule has 1 aliphatic heterocycles. The molecule has 1 saturated carbocycles. The Kier molecular flexibility index (Phi) is 3.52. The molecule has 2 aliphatic rings. The molecular weight excluding hydrogens is 220 g/mol. The molecule has 4 heteroatoms. The average molecular weight is 242 g/mol. The van der Waals surface area contributed by atoms with Gasteiger partial charge in [0.25, 0.3) is 0 Å². The van der Waals surface area contributed by atoms with Gasteiger partial charge in [0, 0.05) is 12.6 Å². The van der Waals surface area contributed by atoms with Crippen molar-refractivity contribution >= 4 is 17.2 Å². The highest BCUT2D eigenvalue weighted by atomic mass is 32.1. The number of nitrogens with zero attached hydrogens (tertiary/aromatic N) is 1. The molecule has 2 unspecified atom stereocenters. The van der Waals surface area contributed by atoms with Crippen LogP contribution in [0, 0.1) is 0 Å². The molecule has 0 aromatic rings. The Bertz CT molecular complexity index is 278. The predicted molar refractivity (Wildman–Crippen MR) is 69.6 cm³/mol. The molecular formula is C12H22N2OS. The third-order valence-corrected chi connectivity index (χ3v) is 4.67. The van der Waals surface area contributed by atoms with Crippen molar-refractivity contribution in [2.75, 3.05) is 13.7 Å². The van der Waals surface area contributed by atoms with Gasteiger partial charge in [0.15, 0.2) is 0 Å². The number of ether oxygens (including phenoxy) is 1. The van der Waals surface area contributed by atoms with E-state index in [0.717, 1.165) is 19.4 Å². The molecule has 0 radical (unpaired) electrons. The summed E-state index contributed by atoms with van der Waals surface area (Å²) in [6, 6.07) is 0.765. The van der Waals surface area contributed by atoms with Crippen LogP contribution in [-0.2, 0) is 4.74 Å². The summed E-state index contributed by atoms with van der Waals surface area (Å²) in [6.45, 7) is 2.98. The minimum atomic E-state index is 0.190. The van der Waals surface area contributed by atoms with E-state index in [0.29, 0.717) is 11.0 Å². The smallest absolute Gasteiger partial charge is 0.0899 e. The summed E-state index contributed by atoms with van der Waals surface area (Å²) in [5.74, 6) is 0. The van der Waals surface area contributed by atoms with Crippen molar-refractivity contribution in [1.82, 2.24) is 4.90 Å². The van der Waals surface area contributed by atoms with Crippen LogP contribution in [0.1, 0.15) is 39.0 Å². The van der Waals surface area contributed by atoms with Crippen LogP contribution in [0.3, 0.4) is 0 Å². The summed E-state index contributed by atoms with van der Waals surface area (Å²) in [7, 11) is 2.13. The summed E-state index contributed by atoms with van der Waals surface area (Å²) < 4.78 is 5.93. The Labute approximate surface area is 103 Å². The maximum atomic E-state index is 5.93. The Balaban J connectivity index is 1.96. The van der Waals surface area contributed by atoms with E-state index in [1.807, 2.05) is 0 Å². The lowest BCUT2D eigenvalue weighted by molar-refractivity contribution is -0.147. The van der Waals surface area contributed by atoms with Crippen LogP contribution in [-0.4, -0.2) is 41.2 Å². The van der Waals surface area contributed by atoms with Gasteiger partial charge in [0.05, 0.1) is 16.6 Å². The number of hydrogen-bond donors (Lipinski definition) is 1. The summed E-state index contributed by atoms with van der Waals surface area (Å²) >= 11 is 5.07. The molecule has 0 bridgehead atoms. The quantitative estimate of drug-likeness (QED) is 0.765. The lowest BCUT2D eigenvalue weighted by Crippen LogP contribution is -2.54. The normalized spacial score (nSPS) is 30.1. The molecule has 2 rings (SSSR count). The van der Waals surface area contributed by atoms with Gasteiger partial charge in [0.2, 0.25) is 0 Å². The monoisotopic (exact) mass is 242 g/mol. The highest BCUT2D eigenvalue weighted by molar-refractivity contribution is 7.80. The largest absolute Gasteiger partial charge is 0.392 e. The van der Waals surface area contributed by atoms with Gasteiger partial charge in [-0.05, 0) is 46.1 Å². The van der Waals surface area contributed by atoms with E-state index in [2.05, 4.69) is 18.9 Å². The Morgan fingerprint density at radius 1 is 1.56 bits per heavy atom. The van der Waals surface area contributed by atoms with Gasteiger partial charge in [-0.1, -0.05) is 12.2 Å². The fraction of sp³-hybridized carbons (Fsp3) is 0.917. The van der Waals surface area contributed by atoms with Crippen LogP contribution in [0.25, 0.3) is 0 Å². The highest BCUT2D eigenvalue weighted by Crippen LogP contribution is 2.43. The second-order valence-corrected chi connectivity index (χ2v) is 5.75. The van der Waals surface area contributed by atoms with E-state index in [9.17, 15) is 0 Å². The first-order chi connectivity index (χ1) is 7.54. The number of hydrogen-bond acceptors (Lipinski definition) is 3. The first-order valence-electron chi connectivity index (χ1n) is 6.19. The molecule has 1 spiro atoms. The highest BCUT2D eigenvalue weighted by Gasteiger charge is 2.43. The molecule has 16 heavy (non-hydrogen) atoms. The Morgan fingerprint density at radius 2 is 2.25 bits per heavy atom. The molecule has 1 aliphatic carbocycles. The SMILES string of the molecule is CC(C(N)=S)N(C)C1CCOC2(CCC2)C1. The van der Waals surface area contributed by atoms with Gasteiger partial charge >= 0.3 is 0 Å². The summed E-state index contributed by atoms with van der Waals surface area (Å²) in [5.41, 5.74) is 5.92. The second kappa shape index (κ2) is 4.59. The van der Waals surface area contributed by atoms with Crippen molar-refractivity contribution in [1.29, 1.82) is 0 Å². The summed E-state index contributed by atoms with van der Waals surface area (Å²) in [6.07, 6.45) is 6.04. The molecule has 2 fully saturated rings. The zero-order valence-corrected chi connectivity index (χ0v) is 11.1. The van der Waals surface area contributed by atoms with E-state index in [-0.39, 0.29) is 11.6 Å². The van der Waals surface area contributed by atoms with Crippen molar-refractivity contribution in [2.24, 2.45) is 5.73 Å². The third-order valence-electron chi connectivity index (χ3n) is 4.33. The predicted octanol–water partition coefficient (Wildman–Crippen LogP) is 1.69. The van der Waals surface area contributed by atoms with Crippen LogP contribution < -0.4 is 5.73 Å². The maximum absolute atomic E-state index is 5.93. The van der Waals surface area contributed by atoms with E-state index < -0.39 is 0 Å². The van der Waals surface area contributed by atoms with Crippen LogP contribution in [0.2, 0.25) is 0 Å². The van der Waals surface area contributed by atoms with Crippen LogP contribution in [0.4, 0.5) is 0 Å². The first kappa shape index (κ1) is 12.3. The third kappa shape index (κ3) is 2.24. The first-order valence-corrected chi connectivity index (χ1v) is 6.60.